The maximum atomic E-state index is 12.8. The summed E-state index contributed by atoms with van der Waals surface area (Å²) in [6.45, 7) is 4.57. The minimum absolute atomic E-state index is 0.0227. The molecule has 12 nitrogen and oxygen atoms in total. The van der Waals surface area contributed by atoms with E-state index >= 15 is 0 Å². The highest BCUT2D eigenvalue weighted by atomic mass is 16.5. The van der Waals surface area contributed by atoms with Crippen molar-refractivity contribution >= 4 is 29.2 Å². The van der Waals surface area contributed by atoms with Crippen LogP contribution in [0.25, 0.3) is 0 Å². The fourth-order valence-corrected chi connectivity index (χ4v) is 4.83. The van der Waals surface area contributed by atoms with Gasteiger partial charge in [0, 0.05) is 50.0 Å². The van der Waals surface area contributed by atoms with Gasteiger partial charge in [0.25, 0.3) is 5.91 Å². The van der Waals surface area contributed by atoms with Crippen molar-refractivity contribution in [2.24, 2.45) is 5.73 Å². The average Bonchev–Trinajstić information content (AvgIpc) is 3.01. The molecule has 210 valence electrons. The van der Waals surface area contributed by atoms with E-state index in [4.69, 9.17) is 25.6 Å². The van der Waals surface area contributed by atoms with Crippen LogP contribution in [-0.2, 0) is 11.3 Å². The first kappa shape index (κ1) is 27.3. The number of morpholine rings is 1. The summed E-state index contributed by atoms with van der Waals surface area (Å²) < 4.78 is 10.6. The third-order valence-electron chi connectivity index (χ3n) is 7.08. The predicted molar refractivity (Wildman–Crippen MR) is 152 cm³/mol. The second-order valence-electron chi connectivity index (χ2n) is 9.84. The van der Waals surface area contributed by atoms with E-state index in [9.17, 15) is 4.79 Å². The van der Waals surface area contributed by atoms with E-state index in [2.05, 4.69) is 37.9 Å². The number of amidine groups is 1. The van der Waals surface area contributed by atoms with Crippen molar-refractivity contribution in [3.8, 4) is 5.75 Å². The highest BCUT2D eigenvalue weighted by Crippen LogP contribution is 2.23. The number of hydrogen-bond acceptors (Lipinski definition) is 10. The number of carbonyl (C=O) groups is 1. The van der Waals surface area contributed by atoms with E-state index in [0.29, 0.717) is 49.3 Å². The molecule has 12 heteroatoms. The Balaban J connectivity index is 1.25. The molecular formula is C28H35N9O3. The van der Waals surface area contributed by atoms with Crippen LogP contribution >= 0.6 is 0 Å². The summed E-state index contributed by atoms with van der Waals surface area (Å²) in [5.74, 6) is 1.41. The van der Waals surface area contributed by atoms with Crippen molar-refractivity contribution in [1.29, 1.82) is 5.41 Å². The zero-order valence-electron chi connectivity index (χ0n) is 22.6. The third-order valence-corrected chi connectivity index (χ3v) is 7.08. The van der Waals surface area contributed by atoms with Crippen molar-refractivity contribution in [2.75, 3.05) is 56.7 Å². The van der Waals surface area contributed by atoms with Crippen LogP contribution in [0.15, 0.2) is 48.5 Å². The molecule has 5 rings (SSSR count). The first-order valence-electron chi connectivity index (χ1n) is 13.4. The van der Waals surface area contributed by atoms with Gasteiger partial charge in [0.05, 0.1) is 20.3 Å². The Bertz CT molecular complexity index is 1310. The number of nitrogen functional groups attached to an aromatic ring is 1. The van der Waals surface area contributed by atoms with Crippen molar-refractivity contribution in [3.63, 3.8) is 0 Å². The Morgan fingerprint density at radius 3 is 2.55 bits per heavy atom. The second kappa shape index (κ2) is 12.7. The molecule has 40 heavy (non-hydrogen) atoms. The Morgan fingerprint density at radius 1 is 1.10 bits per heavy atom. The molecule has 2 aliphatic heterocycles. The zero-order valence-corrected chi connectivity index (χ0v) is 22.6. The van der Waals surface area contributed by atoms with Gasteiger partial charge in [0.2, 0.25) is 5.95 Å². The molecule has 1 aromatic heterocycles. The minimum atomic E-state index is -0.231. The number of nitrogens with two attached hydrogens (primary N) is 1. The molecule has 2 aliphatic rings. The predicted octanol–water partition coefficient (Wildman–Crippen LogP) is 2.14. The van der Waals surface area contributed by atoms with Gasteiger partial charge in [-0.2, -0.15) is 4.98 Å². The standard InChI is InChI=1S/C28H35N9O3/c1-39-23-10-4-19(5-11-23)17-31-22-3-2-12-37(18-22)28-33-26(24(25(29)30)34-35-28)32-21-8-6-20(7-9-21)27(38)36-13-15-40-16-14-36/h4-11,22,31H,2-3,12-18H2,1H3,(H3,29,30)(H,32,33,35)/t22-/m1/s1. The van der Waals surface area contributed by atoms with Crippen LogP contribution in [0, 0.1) is 5.41 Å². The van der Waals surface area contributed by atoms with Gasteiger partial charge in [-0.05, 0) is 54.8 Å². The van der Waals surface area contributed by atoms with Gasteiger partial charge >= 0.3 is 0 Å². The number of aromatic nitrogens is 3. The summed E-state index contributed by atoms with van der Waals surface area (Å²) in [4.78, 5) is 21.4. The normalized spacial score (nSPS) is 17.4. The molecular weight excluding hydrogens is 510 g/mol. The number of nitrogens with one attached hydrogen (secondary N) is 3. The molecule has 0 bridgehead atoms. The number of amides is 1. The van der Waals surface area contributed by atoms with Crippen LogP contribution in [0.3, 0.4) is 0 Å². The molecule has 0 unspecified atom stereocenters. The fourth-order valence-electron chi connectivity index (χ4n) is 4.83. The zero-order chi connectivity index (χ0) is 27.9. The molecule has 3 heterocycles. The number of rotatable bonds is 9. The monoisotopic (exact) mass is 545 g/mol. The molecule has 3 aromatic rings. The Kier molecular flexibility index (Phi) is 8.67. The van der Waals surface area contributed by atoms with Crippen molar-refractivity contribution in [3.05, 3.63) is 65.4 Å². The lowest BCUT2D eigenvalue weighted by Crippen LogP contribution is -2.46. The minimum Gasteiger partial charge on any atom is -0.497 e. The molecule has 0 aliphatic carbocycles. The molecule has 5 N–H and O–H groups in total. The summed E-state index contributed by atoms with van der Waals surface area (Å²) in [6, 6.07) is 15.5. The lowest BCUT2D eigenvalue weighted by molar-refractivity contribution is 0.0303. The van der Waals surface area contributed by atoms with Crippen molar-refractivity contribution in [1.82, 2.24) is 25.4 Å². The van der Waals surface area contributed by atoms with Crippen LogP contribution in [0.2, 0.25) is 0 Å². The molecule has 2 fully saturated rings. The van der Waals surface area contributed by atoms with Gasteiger partial charge < -0.3 is 35.6 Å². The van der Waals surface area contributed by atoms with E-state index < -0.39 is 0 Å². The summed E-state index contributed by atoms with van der Waals surface area (Å²) in [5.41, 5.74) is 8.44. The topological polar surface area (TPSA) is 155 Å². The number of methoxy groups -OCH3 is 1. The highest BCUT2D eigenvalue weighted by Gasteiger charge is 2.24. The molecule has 2 aromatic carbocycles. The lowest BCUT2D eigenvalue weighted by Gasteiger charge is -2.33. The quantitative estimate of drug-likeness (QED) is 0.232. The van der Waals surface area contributed by atoms with Gasteiger partial charge in [0.1, 0.15) is 11.6 Å². The number of benzene rings is 2. The molecule has 2 saturated heterocycles. The number of piperidine rings is 1. The van der Waals surface area contributed by atoms with Crippen molar-refractivity contribution < 1.29 is 14.3 Å². The number of nitrogens with zero attached hydrogens (tertiary/aromatic N) is 5. The number of anilines is 3. The van der Waals surface area contributed by atoms with Crippen LogP contribution in [0.4, 0.5) is 17.5 Å². The Morgan fingerprint density at radius 2 is 1.85 bits per heavy atom. The smallest absolute Gasteiger partial charge is 0.254 e. The van der Waals surface area contributed by atoms with E-state index in [0.717, 1.165) is 38.2 Å². The average molecular weight is 546 g/mol. The molecule has 0 radical (unpaired) electrons. The van der Waals surface area contributed by atoms with Gasteiger partial charge in [-0.25, -0.2) is 0 Å². The highest BCUT2D eigenvalue weighted by molar-refractivity contribution is 5.98. The van der Waals surface area contributed by atoms with Crippen molar-refractivity contribution in [2.45, 2.75) is 25.4 Å². The maximum absolute atomic E-state index is 12.8. The first-order valence-corrected chi connectivity index (χ1v) is 13.4. The third kappa shape index (κ3) is 6.64. The van der Waals surface area contributed by atoms with Gasteiger partial charge in [-0.3, -0.25) is 10.2 Å². The molecule has 0 saturated carbocycles. The Hall–Kier alpha value is -4.29. The fraction of sp³-hybridized carbons (Fsp3) is 0.393. The summed E-state index contributed by atoms with van der Waals surface area (Å²) in [7, 11) is 1.66. The Labute approximate surface area is 233 Å². The number of hydrogen-bond donors (Lipinski definition) is 4. The van der Waals surface area contributed by atoms with E-state index in [1.165, 1.54) is 5.56 Å². The largest absolute Gasteiger partial charge is 0.497 e. The van der Waals surface area contributed by atoms with Crippen LogP contribution in [0.1, 0.15) is 34.5 Å². The van der Waals surface area contributed by atoms with E-state index in [1.807, 2.05) is 12.1 Å². The van der Waals surface area contributed by atoms with Crippen LogP contribution in [0.5, 0.6) is 5.75 Å². The maximum Gasteiger partial charge on any atom is 0.254 e. The summed E-state index contributed by atoms with van der Waals surface area (Å²) in [6.07, 6.45) is 2.03. The van der Waals surface area contributed by atoms with E-state index in [1.54, 1.807) is 36.3 Å². The summed E-state index contributed by atoms with van der Waals surface area (Å²) >= 11 is 0. The van der Waals surface area contributed by atoms with E-state index in [-0.39, 0.29) is 23.5 Å². The molecule has 1 amide bonds. The van der Waals surface area contributed by atoms with Crippen LogP contribution < -0.4 is 26.0 Å². The van der Waals surface area contributed by atoms with Gasteiger partial charge in [0.15, 0.2) is 11.5 Å². The second-order valence-corrected chi connectivity index (χ2v) is 9.84. The number of ether oxygens (including phenoxy) is 2. The summed E-state index contributed by atoms with van der Waals surface area (Å²) in [5, 5.41) is 23.3. The molecule has 1 atom stereocenters. The lowest BCUT2D eigenvalue weighted by atomic mass is 10.1. The SMILES string of the molecule is COc1ccc(CN[C@@H]2CCCN(c3nnc(C(=N)N)c(Nc4ccc(C(=O)N5CCOCC5)cc4)n3)C2)cc1. The number of carbonyl (C=O) groups excluding carboxylic acids is 1. The first-order chi connectivity index (χ1) is 19.5. The van der Waals surface area contributed by atoms with Gasteiger partial charge in [-0.15, -0.1) is 10.2 Å². The van der Waals surface area contributed by atoms with Crippen LogP contribution in [-0.4, -0.2) is 84.4 Å². The van der Waals surface area contributed by atoms with Gasteiger partial charge in [-0.1, -0.05) is 12.1 Å². The molecule has 0 spiro atoms.